The van der Waals surface area contributed by atoms with Crippen LogP contribution < -0.4 is 5.73 Å². The summed E-state index contributed by atoms with van der Waals surface area (Å²) in [5.74, 6) is 0.769. The van der Waals surface area contributed by atoms with Crippen LogP contribution in [0.2, 0.25) is 5.02 Å². The van der Waals surface area contributed by atoms with Gasteiger partial charge in [-0.15, -0.1) is 0 Å². The van der Waals surface area contributed by atoms with Crippen molar-refractivity contribution in [1.29, 1.82) is 0 Å². The third-order valence-electron chi connectivity index (χ3n) is 4.02. The molecule has 0 unspecified atom stereocenters. The van der Waals surface area contributed by atoms with Crippen molar-refractivity contribution in [2.45, 2.75) is 10.8 Å². The third-order valence-corrected chi connectivity index (χ3v) is 5.21. The molecule has 0 aliphatic heterocycles. The summed E-state index contributed by atoms with van der Waals surface area (Å²) in [6.45, 7) is 0. The highest BCUT2D eigenvalue weighted by Gasteiger charge is 2.12. The van der Waals surface area contributed by atoms with Crippen LogP contribution in [0, 0.1) is 0 Å². The number of primary amides is 1. The van der Waals surface area contributed by atoms with Crippen molar-refractivity contribution in [2.24, 2.45) is 5.73 Å². The number of nitrogens with zero attached hydrogens (tertiary/aromatic N) is 2. The number of carbonyl (C=O) groups excluding carboxylic acids is 1. The van der Waals surface area contributed by atoms with Crippen molar-refractivity contribution in [3.05, 3.63) is 77.0 Å². The number of para-hydroxylation sites is 1. The van der Waals surface area contributed by atoms with Gasteiger partial charge in [0, 0.05) is 22.0 Å². The quantitative estimate of drug-likeness (QED) is 0.484. The SMILES string of the molecule is NC(=O)c1cc(SCc2cc(-c3ccc(Cl)cc3)no2)nc2ccccc12. The number of benzene rings is 2. The van der Waals surface area contributed by atoms with E-state index in [2.05, 4.69) is 10.1 Å². The molecule has 134 valence electrons. The van der Waals surface area contributed by atoms with E-state index in [0.717, 1.165) is 22.2 Å². The van der Waals surface area contributed by atoms with E-state index in [1.54, 1.807) is 6.07 Å². The van der Waals surface area contributed by atoms with Crippen molar-refractivity contribution in [3.63, 3.8) is 0 Å². The van der Waals surface area contributed by atoms with Gasteiger partial charge in [-0.25, -0.2) is 4.98 Å². The van der Waals surface area contributed by atoms with E-state index in [9.17, 15) is 4.79 Å². The molecule has 0 spiro atoms. The normalized spacial score (nSPS) is 11.0. The van der Waals surface area contributed by atoms with Gasteiger partial charge in [-0.05, 0) is 24.3 Å². The van der Waals surface area contributed by atoms with Gasteiger partial charge >= 0.3 is 0 Å². The van der Waals surface area contributed by atoms with Crippen LogP contribution in [0.1, 0.15) is 16.1 Å². The molecule has 2 aromatic heterocycles. The van der Waals surface area contributed by atoms with Gasteiger partial charge in [0.15, 0.2) is 0 Å². The average Bonchev–Trinajstić information content (AvgIpc) is 3.15. The summed E-state index contributed by atoms with van der Waals surface area (Å²) in [5, 5.41) is 6.22. The highest BCUT2D eigenvalue weighted by Crippen LogP contribution is 2.28. The number of carbonyl (C=O) groups is 1. The molecule has 2 N–H and O–H groups in total. The Bertz CT molecular complexity index is 1130. The van der Waals surface area contributed by atoms with Crippen LogP contribution in [-0.2, 0) is 5.75 Å². The Labute approximate surface area is 164 Å². The number of aromatic nitrogens is 2. The molecule has 5 nitrogen and oxygen atoms in total. The van der Waals surface area contributed by atoms with Gasteiger partial charge in [-0.2, -0.15) is 0 Å². The van der Waals surface area contributed by atoms with Crippen LogP contribution in [0.25, 0.3) is 22.2 Å². The Morgan fingerprint density at radius 3 is 2.67 bits per heavy atom. The molecule has 4 aromatic rings. The molecule has 0 saturated heterocycles. The van der Waals surface area contributed by atoms with E-state index in [1.165, 1.54) is 11.8 Å². The molecule has 2 heterocycles. The van der Waals surface area contributed by atoms with Gasteiger partial charge in [0.05, 0.1) is 21.9 Å². The first-order valence-corrected chi connectivity index (χ1v) is 9.50. The Hall–Kier alpha value is -2.83. The first-order valence-electron chi connectivity index (χ1n) is 8.14. The maximum Gasteiger partial charge on any atom is 0.249 e. The lowest BCUT2D eigenvalue weighted by Gasteiger charge is -2.06. The van der Waals surface area contributed by atoms with Gasteiger partial charge in [0.1, 0.15) is 11.5 Å². The number of thioether (sulfide) groups is 1. The van der Waals surface area contributed by atoms with E-state index >= 15 is 0 Å². The number of nitrogens with two attached hydrogens (primary N) is 1. The minimum atomic E-state index is -0.472. The summed E-state index contributed by atoms with van der Waals surface area (Å²) >= 11 is 7.37. The molecule has 0 atom stereocenters. The van der Waals surface area contributed by atoms with Crippen LogP contribution in [0.15, 0.2) is 70.2 Å². The standard InChI is InChI=1S/C20H14ClN3O2S/c21-13-7-5-12(6-8-13)18-9-14(26-24-18)11-27-19-10-16(20(22)25)15-3-1-2-4-17(15)23-19/h1-10H,11H2,(H2,22,25). The highest BCUT2D eigenvalue weighted by atomic mass is 35.5. The molecule has 4 rings (SSSR count). The molecule has 0 aliphatic carbocycles. The first-order chi connectivity index (χ1) is 13.1. The van der Waals surface area contributed by atoms with Crippen molar-refractivity contribution < 1.29 is 9.32 Å². The fourth-order valence-corrected chi connectivity index (χ4v) is 3.63. The number of rotatable bonds is 5. The lowest BCUT2D eigenvalue weighted by Crippen LogP contribution is -2.12. The molecule has 1 amide bonds. The Kier molecular flexibility index (Phi) is 4.83. The second kappa shape index (κ2) is 7.42. The first kappa shape index (κ1) is 17.6. The number of amides is 1. The predicted octanol–water partition coefficient (Wildman–Crippen LogP) is 4.93. The summed E-state index contributed by atoms with van der Waals surface area (Å²) < 4.78 is 5.41. The summed E-state index contributed by atoms with van der Waals surface area (Å²) in [5.41, 5.74) is 8.39. The smallest absolute Gasteiger partial charge is 0.249 e. The van der Waals surface area contributed by atoms with Crippen LogP contribution in [-0.4, -0.2) is 16.0 Å². The maximum absolute atomic E-state index is 11.8. The topological polar surface area (TPSA) is 82.0 Å². The molecule has 0 aliphatic rings. The summed E-state index contributed by atoms with van der Waals surface area (Å²) in [7, 11) is 0. The van der Waals surface area contributed by atoms with E-state index in [1.807, 2.05) is 54.6 Å². The predicted molar refractivity (Wildman–Crippen MR) is 107 cm³/mol. The highest BCUT2D eigenvalue weighted by molar-refractivity contribution is 7.98. The second-order valence-electron chi connectivity index (χ2n) is 5.86. The minimum Gasteiger partial charge on any atom is -0.366 e. The van der Waals surface area contributed by atoms with Crippen molar-refractivity contribution in [2.75, 3.05) is 0 Å². The number of pyridine rings is 1. The zero-order valence-corrected chi connectivity index (χ0v) is 15.6. The van der Waals surface area contributed by atoms with Crippen LogP contribution in [0.5, 0.6) is 0 Å². The summed E-state index contributed by atoms with van der Waals surface area (Å²) in [6, 6.07) is 18.4. The van der Waals surface area contributed by atoms with Gasteiger partial charge in [-0.1, -0.05) is 58.9 Å². The van der Waals surface area contributed by atoms with Gasteiger partial charge in [0.2, 0.25) is 5.91 Å². The lowest BCUT2D eigenvalue weighted by molar-refractivity contribution is 0.100. The van der Waals surface area contributed by atoms with Gasteiger partial charge in [0.25, 0.3) is 0 Å². The van der Waals surface area contributed by atoms with E-state index in [4.69, 9.17) is 21.9 Å². The van der Waals surface area contributed by atoms with Gasteiger partial charge < -0.3 is 10.3 Å². The second-order valence-corrected chi connectivity index (χ2v) is 7.30. The van der Waals surface area contributed by atoms with Crippen molar-refractivity contribution >= 4 is 40.2 Å². The number of hydrogen-bond acceptors (Lipinski definition) is 5. The molecule has 0 bridgehead atoms. The zero-order valence-electron chi connectivity index (χ0n) is 14.1. The fraction of sp³-hybridized carbons (Fsp3) is 0.0500. The Morgan fingerprint density at radius 2 is 1.89 bits per heavy atom. The van der Waals surface area contributed by atoms with Crippen molar-refractivity contribution in [3.8, 4) is 11.3 Å². The maximum atomic E-state index is 11.8. The number of halogens is 1. The zero-order chi connectivity index (χ0) is 18.8. The molecule has 0 fully saturated rings. The van der Waals surface area contributed by atoms with Crippen LogP contribution in [0.3, 0.4) is 0 Å². The number of hydrogen-bond donors (Lipinski definition) is 1. The minimum absolute atomic E-state index is 0.461. The molecular weight excluding hydrogens is 382 g/mol. The van der Waals surface area contributed by atoms with E-state index in [0.29, 0.717) is 27.1 Å². The molecule has 27 heavy (non-hydrogen) atoms. The van der Waals surface area contributed by atoms with Crippen LogP contribution >= 0.6 is 23.4 Å². The third kappa shape index (κ3) is 3.82. The van der Waals surface area contributed by atoms with Gasteiger partial charge in [-0.3, -0.25) is 4.79 Å². The van der Waals surface area contributed by atoms with Crippen molar-refractivity contribution in [1.82, 2.24) is 10.1 Å². The largest absolute Gasteiger partial charge is 0.366 e. The number of fused-ring (bicyclic) bond motifs is 1. The monoisotopic (exact) mass is 395 g/mol. The molecular formula is C20H14ClN3O2S. The Balaban J connectivity index is 1.55. The van der Waals surface area contributed by atoms with Crippen LogP contribution in [0.4, 0.5) is 0 Å². The summed E-state index contributed by atoms with van der Waals surface area (Å²) in [6.07, 6.45) is 0. The van der Waals surface area contributed by atoms with E-state index in [-0.39, 0.29) is 0 Å². The summed E-state index contributed by atoms with van der Waals surface area (Å²) in [4.78, 5) is 16.4. The van der Waals surface area contributed by atoms with E-state index < -0.39 is 5.91 Å². The molecule has 2 aromatic carbocycles. The molecule has 0 radical (unpaired) electrons. The lowest BCUT2D eigenvalue weighted by atomic mass is 10.1. The average molecular weight is 396 g/mol. The fourth-order valence-electron chi connectivity index (χ4n) is 2.71. The molecule has 7 heteroatoms. The Morgan fingerprint density at radius 1 is 1.11 bits per heavy atom. The molecule has 0 saturated carbocycles.